The number of hydrogen-bond donors (Lipinski definition) is 0. The SMILES string of the molecule is [2H][C](F)CF. The van der Waals surface area contributed by atoms with E-state index in [1.54, 1.807) is 0 Å². The van der Waals surface area contributed by atoms with Gasteiger partial charge in [0.25, 0.3) is 0 Å². The minimum Gasteiger partial charge on any atom is -0.248 e. The van der Waals surface area contributed by atoms with Gasteiger partial charge in [0.1, 0.15) is 6.67 Å². The highest BCUT2D eigenvalue weighted by Crippen LogP contribution is 1.72. The fraction of sp³-hybridized carbons (Fsp3) is 0.500. The summed E-state index contributed by atoms with van der Waals surface area (Å²) in [5.74, 6) is 0. The predicted octanol–water partition coefficient (Wildman–Crippen LogP) is 1.09. The third-order valence-corrected chi connectivity index (χ3v) is 0.0505. The lowest BCUT2D eigenvalue weighted by Gasteiger charge is -1.60. The molecule has 0 aliphatic carbocycles. The van der Waals surface area contributed by atoms with Gasteiger partial charge in [-0.2, -0.15) is 0 Å². The van der Waals surface area contributed by atoms with Crippen molar-refractivity contribution < 1.29 is 10.2 Å². The maximum atomic E-state index is 10.6. The molecule has 2 heteroatoms. The van der Waals surface area contributed by atoms with Crippen LogP contribution in [0.3, 0.4) is 0 Å². The minimum atomic E-state index is -1.41. The molecule has 0 heterocycles. The summed E-state index contributed by atoms with van der Waals surface area (Å²) in [5, 5.41) is 0. The molecule has 0 fully saturated rings. The number of rotatable bonds is 1. The molecule has 0 bridgehead atoms. The Bertz CT molecular complexity index is 21.6. The predicted molar refractivity (Wildman–Crippen MR) is 11.4 cm³/mol. The molecule has 0 saturated heterocycles. The first-order chi connectivity index (χ1) is 2.27. The molecule has 0 saturated carbocycles. The Morgan fingerprint density at radius 1 is 2.25 bits per heavy atom. The van der Waals surface area contributed by atoms with Crippen molar-refractivity contribution in [1.82, 2.24) is 0 Å². The second kappa shape index (κ2) is 2.86. The third-order valence-electron chi connectivity index (χ3n) is 0.0505. The van der Waals surface area contributed by atoms with E-state index in [2.05, 4.69) is 0 Å². The van der Waals surface area contributed by atoms with Crippen molar-refractivity contribution in [3.05, 3.63) is 6.65 Å². The molecule has 0 aliphatic heterocycles. The molecule has 0 aromatic rings. The molecular weight excluding hydrogens is 62.0 g/mol. The maximum Gasteiger partial charge on any atom is 0.162 e. The molecule has 1 radical (unpaired) electrons. The van der Waals surface area contributed by atoms with Gasteiger partial charge in [-0.05, 0) is 0 Å². The average molecular weight is 66.0 g/mol. The number of hydrogen-bond acceptors (Lipinski definition) is 0. The van der Waals surface area contributed by atoms with Gasteiger partial charge in [-0.3, -0.25) is 0 Å². The lowest BCUT2D eigenvalue weighted by Crippen LogP contribution is -1.57. The van der Waals surface area contributed by atoms with E-state index in [9.17, 15) is 8.78 Å². The van der Waals surface area contributed by atoms with E-state index in [0.29, 0.717) is 0 Å². The van der Waals surface area contributed by atoms with Gasteiger partial charge in [0, 0.05) is 0 Å². The zero-order chi connectivity index (χ0) is 4.28. The molecule has 0 N–H and O–H groups in total. The summed E-state index contributed by atoms with van der Waals surface area (Å²) in [6, 6.07) is 0. The van der Waals surface area contributed by atoms with Crippen LogP contribution in [-0.2, 0) is 0 Å². The van der Waals surface area contributed by atoms with Crippen LogP contribution in [0.15, 0.2) is 0 Å². The van der Waals surface area contributed by atoms with E-state index in [0.717, 1.165) is 0 Å². The standard InChI is InChI=1S/C2H3F2/c3-1-2-4/h1H,2H2/i1D. The van der Waals surface area contributed by atoms with E-state index in [1.165, 1.54) is 0 Å². The van der Waals surface area contributed by atoms with Gasteiger partial charge in [0.05, 0.1) is 1.37 Å². The van der Waals surface area contributed by atoms with Crippen LogP contribution < -0.4 is 0 Å². The first-order valence-electron chi connectivity index (χ1n) is 1.31. The fourth-order valence-corrected chi connectivity index (χ4v) is 0. The minimum absolute atomic E-state index is 1.28. The average Bonchev–Trinajstić information content (AvgIpc) is 1.38. The summed E-state index contributed by atoms with van der Waals surface area (Å²) < 4.78 is 26.9. The lowest BCUT2D eigenvalue weighted by molar-refractivity contribution is 0.450. The summed E-state index contributed by atoms with van der Waals surface area (Å²) in [4.78, 5) is 0. The topological polar surface area (TPSA) is 0 Å². The van der Waals surface area contributed by atoms with Gasteiger partial charge in [0.15, 0.2) is 6.65 Å². The van der Waals surface area contributed by atoms with Crippen LogP contribution in [0.2, 0.25) is 0 Å². The Balaban J connectivity index is 2.54. The summed E-state index contributed by atoms with van der Waals surface area (Å²) >= 11 is 0. The summed E-state index contributed by atoms with van der Waals surface area (Å²) in [6.45, 7) is -2.69. The van der Waals surface area contributed by atoms with Crippen molar-refractivity contribution in [1.29, 1.82) is 0 Å². The van der Waals surface area contributed by atoms with Gasteiger partial charge in [-0.15, -0.1) is 0 Å². The van der Waals surface area contributed by atoms with Gasteiger partial charge in [-0.25, -0.2) is 8.78 Å². The van der Waals surface area contributed by atoms with Gasteiger partial charge < -0.3 is 0 Å². The molecule has 0 unspecified atom stereocenters. The summed E-state index contributed by atoms with van der Waals surface area (Å²) in [6.07, 6.45) is 0. The second-order valence-electron chi connectivity index (χ2n) is 0.267. The highest BCUT2D eigenvalue weighted by Gasteiger charge is 1.67. The highest BCUT2D eigenvalue weighted by atomic mass is 19.2. The monoisotopic (exact) mass is 66.0 g/mol. The van der Waals surface area contributed by atoms with Crippen molar-refractivity contribution in [2.75, 3.05) is 6.67 Å². The fourth-order valence-electron chi connectivity index (χ4n) is 0. The number of alkyl halides is 1. The third kappa shape index (κ3) is 1.86. The van der Waals surface area contributed by atoms with Crippen molar-refractivity contribution >= 4 is 0 Å². The molecule has 0 nitrogen and oxygen atoms in total. The molecule has 0 aliphatic rings. The molecule has 0 aromatic heterocycles. The van der Waals surface area contributed by atoms with Crippen LogP contribution in [0.5, 0.6) is 0 Å². The maximum absolute atomic E-state index is 10.6. The van der Waals surface area contributed by atoms with Crippen LogP contribution in [0.1, 0.15) is 1.37 Å². The first-order valence-corrected chi connectivity index (χ1v) is 0.810. The largest absolute Gasteiger partial charge is 0.248 e. The molecule has 0 rings (SSSR count). The lowest BCUT2D eigenvalue weighted by atomic mass is 10.9. The summed E-state index contributed by atoms with van der Waals surface area (Å²) in [5.41, 5.74) is 0. The van der Waals surface area contributed by atoms with Crippen LogP contribution in [0, 0.1) is 6.65 Å². The highest BCUT2D eigenvalue weighted by molar-refractivity contribution is 4.34. The zero-order valence-electron chi connectivity index (χ0n) is 2.96. The Morgan fingerprint density at radius 3 is 2.50 bits per heavy atom. The molecule has 0 spiro atoms. The smallest absolute Gasteiger partial charge is 0.162 e. The van der Waals surface area contributed by atoms with E-state index < -0.39 is 13.3 Å². The van der Waals surface area contributed by atoms with Crippen LogP contribution in [0.4, 0.5) is 8.78 Å². The second-order valence-corrected chi connectivity index (χ2v) is 0.267. The number of halogens is 2. The van der Waals surface area contributed by atoms with Crippen molar-refractivity contribution in [2.24, 2.45) is 0 Å². The van der Waals surface area contributed by atoms with Crippen molar-refractivity contribution in [3.8, 4) is 0 Å². The van der Waals surface area contributed by atoms with Crippen LogP contribution >= 0.6 is 0 Å². The Labute approximate surface area is 24.8 Å². The summed E-state index contributed by atoms with van der Waals surface area (Å²) in [7, 11) is 0. The molecule has 25 valence electrons. The Morgan fingerprint density at radius 2 is 2.50 bits per heavy atom. The van der Waals surface area contributed by atoms with Gasteiger partial charge in [0.2, 0.25) is 0 Å². The Kier molecular flexibility index (Phi) is 1.52. The molecule has 0 atom stereocenters. The molecule has 0 amide bonds. The zero-order valence-corrected chi connectivity index (χ0v) is 1.96. The normalized spacial score (nSPS) is 12.2. The molecule has 0 aromatic carbocycles. The van der Waals surface area contributed by atoms with E-state index >= 15 is 0 Å². The Hall–Kier alpha value is -0.140. The van der Waals surface area contributed by atoms with Gasteiger partial charge in [-0.1, -0.05) is 0 Å². The first kappa shape index (κ1) is 2.12. The van der Waals surface area contributed by atoms with Crippen molar-refractivity contribution in [2.45, 2.75) is 0 Å². The van der Waals surface area contributed by atoms with Crippen LogP contribution in [0.25, 0.3) is 0 Å². The molecular formula is C2H3F2. The molecule has 4 heavy (non-hydrogen) atoms. The van der Waals surface area contributed by atoms with E-state index in [4.69, 9.17) is 1.37 Å². The quantitative estimate of drug-likeness (QED) is 0.429. The van der Waals surface area contributed by atoms with E-state index in [-0.39, 0.29) is 0 Å². The van der Waals surface area contributed by atoms with Gasteiger partial charge >= 0.3 is 0 Å². The van der Waals surface area contributed by atoms with Crippen molar-refractivity contribution in [3.63, 3.8) is 0 Å². The van der Waals surface area contributed by atoms with E-state index in [1.807, 2.05) is 0 Å². The van der Waals surface area contributed by atoms with Crippen LogP contribution in [-0.4, -0.2) is 6.67 Å².